The molecule has 0 spiro atoms. The fraction of sp³-hybridized carbons (Fsp3) is 0. The second-order valence-corrected chi connectivity index (χ2v) is 6.48. The molecule has 0 N–H and O–H groups in total. The van der Waals surface area contributed by atoms with Crippen LogP contribution in [0.1, 0.15) is 15.9 Å². The summed E-state index contributed by atoms with van der Waals surface area (Å²) in [6.07, 6.45) is 0. The van der Waals surface area contributed by atoms with Gasteiger partial charge in [0.1, 0.15) is 0 Å². The molecule has 0 fully saturated rings. The Morgan fingerprint density at radius 3 is 2.53 bits per heavy atom. The van der Waals surface area contributed by atoms with E-state index < -0.39 is 11.6 Å². The van der Waals surface area contributed by atoms with Gasteiger partial charge in [-0.25, -0.2) is 4.39 Å². The minimum Gasteiger partial charge on any atom is -0.288 e. The minimum absolute atomic E-state index is 0.0783. The maximum Gasteiger partial charge on any atom is 0.196 e. The molecule has 0 aliphatic rings. The Balaban J connectivity index is 2.50. The van der Waals surface area contributed by atoms with Gasteiger partial charge in [-0.15, -0.1) is 0 Å². The van der Waals surface area contributed by atoms with Crippen molar-refractivity contribution in [1.29, 1.82) is 0 Å². The van der Waals surface area contributed by atoms with Crippen molar-refractivity contribution >= 4 is 67.5 Å². The standard InChI is InChI=1S/C13H5BrCl2FIO/c14-8-3-2-7(12(17)11(8)16)13(19)6-1-4-10(18)9(15)5-6/h1-5H. The second kappa shape index (κ2) is 6.08. The monoisotopic (exact) mass is 472 g/mol. The summed E-state index contributed by atoms with van der Waals surface area (Å²) in [7, 11) is 0. The Hall–Kier alpha value is -0.170. The van der Waals surface area contributed by atoms with Gasteiger partial charge in [-0.2, -0.15) is 0 Å². The third-order valence-corrected chi connectivity index (χ3v) is 5.29. The molecule has 0 saturated carbocycles. The topological polar surface area (TPSA) is 17.1 Å². The van der Waals surface area contributed by atoms with Crippen molar-refractivity contribution in [2.75, 3.05) is 0 Å². The van der Waals surface area contributed by atoms with Crippen LogP contribution in [-0.2, 0) is 0 Å². The quantitative estimate of drug-likeness (QED) is 0.309. The van der Waals surface area contributed by atoms with Gasteiger partial charge in [-0.3, -0.25) is 4.79 Å². The molecule has 19 heavy (non-hydrogen) atoms. The highest BCUT2D eigenvalue weighted by Crippen LogP contribution is 2.29. The van der Waals surface area contributed by atoms with Crippen LogP contribution in [0.3, 0.4) is 0 Å². The van der Waals surface area contributed by atoms with Crippen LogP contribution in [-0.4, -0.2) is 5.78 Å². The summed E-state index contributed by atoms with van der Waals surface area (Å²) in [5.74, 6) is -1.19. The van der Waals surface area contributed by atoms with Crippen LogP contribution >= 0.6 is 61.7 Å². The lowest BCUT2D eigenvalue weighted by Gasteiger charge is -2.06. The van der Waals surface area contributed by atoms with Crippen molar-refractivity contribution in [2.24, 2.45) is 0 Å². The molecular weight excluding hydrogens is 469 g/mol. The van der Waals surface area contributed by atoms with Gasteiger partial charge < -0.3 is 0 Å². The van der Waals surface area contributed by atoms with Gasteiger partial charge >= 0.3 is 0 Å². The Morgan fingerprint density at radius 1 is 1.21 bits per heavy atom. The van der Waals surface area contributed by atoms with Crippen molar-refractivity contribution in [3.05, 3.63) is 65.4 Å². The molecule has 98 valence electrons. The molecule has 2 rings (SSSR count). The Kier molecular flexibility index (Phi) is 4.87. The van der Waals surface area contributed by atoms with E-state index in [0.29, 0.717) is 15.1 Å². The van der Waals surface area contributed by atoms with Crippen molar-refractivity contribution < 1.29 is 9.18 Å². The first-order valence-electron chi connectivity index (χ1n) is 5.05. The third-order valence-electron chi connectivity index (χ3n) is 2.46. The van der Waals surface area contributed by atoms with Crippen LogP contribution < -0.4 is 0 Å². The van der Waals surface area contributed by atoms with Gasteiger partial charge in [-0.05, 0) is 68.9 Å². The molecule has 1 nitrogen and oxygen atoms in total. The Bertz CT molecular complexity index is 676. The summed E-state index contributed by atoms with van der Waals surface area (Å²) in [5, 5.41) is 0.345. The molecule has 6 heteroatoms. The summed E-state index contributed by atoms with van der Waals surface area (Å²) in [5.41, 5.74) is 0.244. The minimum atomic E-state index is -0.740. The number of hydrogen-bond donors (Lipinski definition) is 0. The molecule has 2 aromatic carbocycles. The van der Waals surface area contributed by atoms with Crippen molar-refractivity contribution in [3.63, 3.8) is 0 Å². The van der Waals surface area contributed by atoms with Gasteiger partial charge in [0, 0.05) is 13.6 Å². The zero-order valence-corrected chi connectivity index (χ0v) is 14.4. The van der Waals surface area contributed by atoms with E-state index >= 15 is 0 Å². The van der Waals surface area contributed by atoms with E-state index in [9.17, 15) is 9.18 Å². The first-order chi connectivity index (χ1) is 8.91. The van der Waals surface area contributed by atoms with Gasteiger partial charge in [0.2, 0.25) is 0 Å². The molecule has 0 unspecified atom stereocenters. The molecule has 2 aromatic rings. The summed E-state index contributed by atoms with van der Waals surface area (Å²) in [6.45, 7) is 0. The van der Waals surface area contributed by atoms with E-state index in [2.05, 4.69) is 38.5 Å². The first kappa shape index (κ1) is 15.2. The average Bonchev–Trinajstić information content (AvgIpc) is 2.39. The normalized spacial score (nSPS) is 10.6. The van der Waals surface area contributed by atoms with E-state index in [0.717, 1.165) is 3.57 Å². The Labute approximate surface area is 141 Å². The van der Waals surface area contributed by atoms with E-state index in [1.165, 1.54) is 18.2 Å². The van der Waals surface area contributed by atoms with Gasteiger partial charge in [0.25, 0.3) is 0 Å². The second-order valence-electron chi connectivity index (χ2n) is 3.68. The lowest BCUT2D eigenvalue weighted by Crippen LogP contribution is -2.05. The fourth-order valence-electron chi connectivity index (χ4n) is 1.49. The largest absolute Gasteiger partial charge is 0.288 e. The summed E-state index contributed by atoms with van der Waals surface area (Å²) >= 11 is 16.9. The molecule has 0 aromatic heterocycles. The van der Waals surface area contributed by atoms with Gasteiger partial charge in [-0.1, -0.05) is 23.2 Å². The van der Waals surface area contributed by atoms with Crippen LogP contribution in [0.5, 0.6) is 0 Å². The third kappa shape index (κ3) is 3.12. The molecule has 0 atom stereocenters. The van der Waals surface area contributed by atoms with Crippen LogP contribution in [0.15, 0.2) is 34.8 Å². The summed E-state index contributed by atoms with van der Waals surface area (Å²) < 4.78 is 15.2. The summed E-state index contributed by atoms with van der Waals surface area (Å²) in [4.78, 5) is 12.2. The predicted molar refractivity (Wildman–Crippen MR) is 86.7 cm³/mol. The van der Waals surface area contributed by atoms with Crippen LogP contribution in [0.25, 0.3) is 0 Å². The van der Waals surface area contributed by atoms with E-state index in [4.69, 9.17) is 23.2 Å². The summed E-state index contributed by atoms with van der Waals surface area (Å²) in [6, 6.07) is 7.74. The predicted octanol–water partition coefficient (Wildman–Crippen LogP) is 5.73. The smallest absolute Gasteiger partial charge is 0.196 e. The number of ketones is 1. The van der Waals surface area contributed by atoms with Crippen molar-refractivity contribution in [2.45, 2.75) is 0 Å². The van der Waals surface area contributed by atoms with E-state index in [-0.39, 0.29) is 10.6 Å². The van der Waals surface area contributed by atoms with Gasteiger partial charge in [0.05, 0.1) is 15.6 Å². The average molecular weight is 474 g/mol. The molecule has 0 radical (unpaired) electrons. The first-order valence-corrected chi connectivity index (χ1v) is 7.68. The van der Waals surface area contributed by atoms with Gasteiger partial charge in [0.15, 0.2) is 11.6 Å². The number of benzene rings is 2. The molecule has 0 saturated heterocycles. The number of carbonyl (C=O) groups is 1. The Morgan fingerprint density at radius 2 is 1.89 bits per heavy atom. The van der Waals surface area contributed by atoms with Crippen molar-refractivity contribution in [1.82, 2.24) is 0 Å². The number of carbonyl (C=O) groups excluding carboxylic acids is 1. The molecule has 0 aliphatic heterocycles. The number of halogens is 5. The van der Waals surface area contributed by atoms with E-state index in [1.54, 1.807) is 12.1 Å². The molecule has 0 bridgehead atoms. The zero-order valence-electron chi connectivity index (χ0n) is 9.18. The van der Waals surface area contributed by atoms with Crippen molar-refractivity contribution in [3.8, 4) is 0 Å². The molecule has 0 aliphatic carbocycles. The molecule has 0 amide bonds. The lowest BCUT2D eigenvalue weighted by atomic mass is 10.0. The zero-order chi connectivity index (χ0) is 14.2. The molecule has 0 heterocycles. The SMILES string of the molecule is O=C(c1ccc(I)c(Cl)c1)c1ccc(Br)c(Cl)c1F. The highest BCUT2D eigenvalue weighted by Gasteiger charge is 2.18. The van der Waals surface area contributed by atoms with Crippen LogP contribution in [0.2, 0.25) is 10.0 Å². The van der Waals surface area contributed by atoms with E-state index in [1.807, 2.05) is 0 Å². The number of rotatable bonds is 2. The highest BCUT2D eigenvalue weighted by molar-refractivity contribution is 14.1. The van der Waals surface area contributed by atoms with Crippen LogP contribution in [0, 0.1) is 9.39 Å². The number of hydrogen-bond acceptors (Lipinski definition) is 1. The van der Waals surface area contributed by atoms with Crippen LogP contribution in [0.4, 0.5) is 4.39 Å². The lowest BCUT2D eigenvalue weighted by molar-refractivity contribution is 0.103. The highest BCUT2D eigenvalue weighted by atomic mass is 127. The fourth-order valence-corrected chi connectivity index (χ4v) is 2.48. The maximum absolute atomic E-state index is 14.0. The molecular formula is C13H5BrCl2FIO. The maximum atomic E-state index is 14.0.